The molecule has 0 atom stereocenters. The minimum absolute atomic E-state index is 0.344. The lowest BCUT2D eigenvalue weighted by Gasteiger charge is -2.03. The Morgan fingerprint density at radius 1 is 0.900 bits per heavy atom. The zero-order chi connectivity index (χ0) is 14.5. The average Bonchev–Trinajstić information content (AvgIpc) is 2.93. The average molecular weight is 280 g/mol. The smallest absolute Gasteiger partial charge is 0.303 e. The molecular formula is C18H32O2. The summed E-state index contributed by atoms with van der Waals surface area (Å²) in [6, 6.07) is 0. The van der Waals surface area contributed by atoms with Crippen LogP contribution in [0.5, 0.6) is 0 Å². The van der Waals surface area contributed by atoms with E-state index in [-0.39, 0.29) is 0 Å². The number of hydrogen-bond acceptors (Lipinski definition) is 1. The fraction of sp³-hybridized carbons (Fsp3) is 0.833. The molecule has 0 unspecified atom stereocenters. The largest absolute Gasteiger partial charge is 0.481 e. The van der Waals surface area contributed by atoms with E-state index in [1.807, 2.05) is 0 Å². The Labute approximate surface area is 124 Å². The fourth-order valence-electron chi connectivity index (χ4n) is 3.01. The molecular weight excluding hydrogens is 248 g/mol. The Morgan fingerprint density at radius 3 is 1.95 bits per heavy atom. The molecule has 0 radical (unpaired) electrons. The summed E-state index contributed by atoms with van der Waals surface area (Å²) in [7, 11) is 0. The molecule has 0 heterocycles. The maximum Gasteiger partial charge on any atom is 0.303 e. The molecule has 1 rings (SSSR count). The van der Waals surface area contributed by atoms with Crippen molar-refractivity contribution in [3.8, 4) is 0 Å². The first-order chi connectivity index (χ1) is 9.79. The molecule has 0 aromatic heterocycles. The Hall–Kier alpha value is -0.790. The number of carboxylic acid groups (broad SMARTS) is 1. The van der Waals surface area contributed by atoms with E-state index in [9.17, 15) is 4.79 Å². The second-order valence-corrected chi connectivity index (χ2v) is 6.18. The van der Waals surface area contributed by atoms with Gasteiger partial charge in [-0.15, -0.1) is 0 Å². The van der Waals surface area contributed by atoms with E-state index in [1.54, 1.807) is 5.57 Å². The highest BCUT2D eigenvalue weighted by molar-refractivity contribution is 5.66. The summed E-state index contributed by atoms with van der Waals surface area (Å²) in [6.45, 7) is 0. The van der Waals surface area contributed by atoms with Crippen LogP contribution in [0.25, 0.3) is 0 Å². The summed E-state index contributed by atoms with van der Waals surface area (Å²) in [6.07, 6.45) is 20.9. The lowest BCUT2D eigenvalue weighted by molar-refractivity contribution is -0.137. The molecule has 0 saturated carbocycles. The van der Waals surface area contributed by atoms with Crippen molar-refractivity contribution in [1.82, 2.24) is 0 Å². The third-order valence-electron chi connectivity index (χ3n) is 4.27. The quantitative estimate of drug-likeness (QED) is 0.339. The Balaban J connectivity index is 1.71. The zero-order valence-corrected chi connectivity index (χ0v) is 13.0. The van der Waals surface area contributed by atoms with Gasteiger partial charge < -0.3 is 5.11 Å². The third kappa shape index (κ3) is 10.1. The van der Waals surface area contributed by atoms with Crippen LogP contribution in [0.15, 0.2) is 11.6 Å². The van der Waals surface area contributed by atoms with Gasteiger partial charge in [-0.3, -0.25) is 4.79 Å². The predicted molar refractivity (Wildman–Crippen MR) is 85.0 cm³/mol. The van der Waals surface area contributed by atoms with Crippen molar-refractivity contribution < 1.29 is 9.90 Å². The van der Waals surface area contributed by atoms with Crippen LogP contribution in [0, 0.1) is 0 Å². The molecule has 0 spiro atoms. The van der Waals surface area contributed by atoms with Gasteiger partial charge in [0, 0.05) is 6.42 Å². The first-order valence-electron chi connectivity index (χ1n) is 8.69. The first kappa shape index (κ1) is 17.3. The van der Waals surface area contributed by atoms with Crippen molar-refractivity contribution in [2.75, 3.05) is 0 Å². The molecule has 0 aromatic carbocycles. The number of unbranched alkanes of at least 4 members (excludes halogenated alkanes) is 9. The van der Waals surface area contributed by atoms with Crippen LogP contribution >= 0.6 is 0 Å². The molecule has 0 aromatic rings. The molecule has 116 valence electrons. The molecule has 0 saturated heterocycles. The van der Waals surface area contributed by atoms with Crippen molar-refractivity contribution in [1.29, 1.82) is 0 Å². The summed E-state index contributed by atoms with van der Waals surface area (Å²) in [5.41, 5.74) is 1.71. The molecule has 0 fully saturated rings. The molecule has 1 aliphatic rings. The van der Waals surface area contributed by atoms with E-state index >= 15 is 0 Å². The second-order valence-electron chi connectivity index (χ2n) is 6.18. The lowest BCUT2D eigenvalue weighted by atomic mass is 10.0. The fourth-order valence-corrected chi connectivity index (χ4v) is 3.01. The summed E-state index contributed by atoms with van der Waals surface area (Å²) in [5.74, 6) is -0.654. The Morgan fingerprint density at radius 2 is 1.45 bits per heavy atom. The van der Waals surface area contributed by atoms with Crippen molar-refractivity contribution in [3.63, 3.8) is 0 Å². The number of aliphatic carboxylic acids is 1. The van der Waals surface area contributed by atoms with Crippen molar-refractivity contribution >= 4 is 5.97 Å². The van der Waals surface area contributed by atoms with Crippen LogP contribution in [0.3, 0.4) is 0 Å². The van der Waals surface area contributed by atoms with Gasteiger partial charge in [0.15, 0.2) is 0 Å². The molecule has 0 amide bonds. The lowest BCUT2D eigenvalue weighted by Crippen LogP contribution is -1.93. The highest BCUT2D eigenvalue weighted by Gasteiger charge is 2.03. The van der Waals surface area contributed by atoms with Gasteiger partial charge in [0.25, 0.3) is 0 Å². The summed E-state index contributed by atoms with van der Waals surface area (Å²) >= 11 is 0. The van der Waals surface area contributed by atoms with Crippen molar-refractivity contribution in [3.05, 3.63) is 11.6 Å². The maximum atomic E-state index is 10.3. The van der Waals surface area contributed by atoms with Crippen LogP contribution in [-0.4, -0.2) is 11.1 Å². The topological polar surface area (TPSA) is 37.3 Å². The van der Waals surface area contributed by atoms with Gasteiger partial charge in [-0.05, 0) is 38.5 Å². The molecule has 0 aliphatic heterocycles. The third-order valence-corrected chi connectivity index (χ3v) is 4.27. The molecule has 20 heavy (non-hydrogen) atoms. The van der Waals surface area contributed by atoms with Gasteiger partial charge in [-0.25, -0.2) is 0 Å². The number of carboxylic acids is 1. The summed E-state index contributed by atoms with van der Waals surface area (Å²) in [4.78, 5) is 10.3. The SMILES string of the molecule is O=C(O)CCCCCCCCCCCCC1=CCCC1. The normalized spacial score (nSPS) is 14.5. The zero-order valence-electron chi connectivity index (χ0n) is 13.0. The van der Waals surface area contributed by atoms with Crippen molar-refractivity contribution in [2.24, 2.45) is 0 Å². The highest BCUT2D eigenvalue weighted by Crippen LogP contribution is 2.23. The van der Waals surface area contributed by atoms with Gasteiger partial charge in [0.1, 0.15) is 0 Å². The van der Waals surface area contributed by atoms with Gasteiger partial charge in [-0.1, -0.05) is 63.0 Å². The van der Waals surface area contributed by atoms with Crippen LogP contribution in [0.4, 0.5) is 0 Å². The molecule has 2 nitrogen and oxygen atoms in total. The summed E-state index contributed by atoms with van der Waals surface area (Å²) < 4.78 is 0. The van der Waals surface area contributed by atoms with Crippen molar-refractivity contribution in [2.45, 2.75) is 96.3 Å². The molecule has 1 aliphatic carbocycles. The van der Waals surface area contributed by atoms with E-state index in [0.717, 1.165) is 12.8 Å². The molecule has 1 N–H and O–H groups in total. The van der Waals surface area contributed by atoms with Gasteiger partial charge in [0.05, 0.1) is 0 Å². The summed E-state index contributed by atoms with van der Waals surface area (Å²) in [5, 5.41) is 8.52. The minimum atomic E-state index is -0.654. The monoisotopic (exact) mass is 280 g/mol. The van der Waals surface area contributed by atoms with E-state index in [4.69, 9.17) is 5.11 Å². The van der Waals surface area contributed by atoms with E-state index in [0.29, 0.717) is 6.42 Å². The van der Waals surface area contributed by atoms with E-state index in [1.165, 1.54) is 77.0 Å². The molecule has 0 bridgehead atoms. The second kappa shape index (κ2) is 12.0. The number of allylic oxidation sites excluding steroid dienone is 2. The van der Waals surface area contributed by atoms with Crippen LogP contribution in [-0.2, 0) is 4.79 Å². The molecule has 2 heteroatoms. The van der Waals surface area contributed by atoms with Crippen LogP contribution in [0.1, 0.15) is 96.3 Å². The van der Waals surface area contributed by atoms with Crippen LogP contribution < -0.4 is 0 Å². The van der Waals surface area contributed by atoms with Crippen LogP contribution in [0.2, 0.25) is 0 Å². The van der Waals surface area contributed by atoms with Gasteiger partial charge in [-0.2, -0.15) is 0 Å². The minimum Gasteiger partial charge on any atom is -0.481 e. The van der Waals surface area contributed by atoms with E-state index in [2.05, 4.69) is 6.08 Å². The number of hydrogen-bond donors (Lipinski definition) is 1. The van der Waals surface area contributed by atoms with Gasteiger partial charge in [0.2, 0.25) is 0 Å². The number of rotatable bonds is 13. The van der Waals surface area contributed by atoms with Gasteiger partial charge >= 0.3 is 5.97 Å². The standard InChI is InChI=1S/C18H32O2/c19-18(20)16-10-8-6-4-2-1-3-5-7-9-13-17-14-11-12-15-17/h14H,1-13,15-16H2,(H,19,20). The Bertz CT molecular complexity index is 281. The number of carbonyl (C=O) groups is 1. The maximum absolute atomic E-state index is 10.3. The Kier molecular flexibility index (Phi) is 10.3. The first-order valence-corrected chi connectivity index (χ1v) is 8.69. The van der Waals surface area contributed by atoms with E-state index < -0.39 is 5.97 Å². The predicted octanol–water partition coefficient (Wildman–Crippen LogP) is 5.86. The highest BCUT2D eigenvalue weighted by atomic mass is 16.4.